The molecule has 1 aliphatic carbocycles. The first-order chi connectivity index (χ1) is 19.5. The molecule has 3 aromatic rings. The van der Waals surface area contributed by atoms with Crippen molar-refractivity contribution in [3.05, 3.63) is 89.0 Å². The Bertz CT molecular complexity index is 1280. The second-order valence-corrected chi connectivity index (χ2v) is 12.0. The number of benzene rings is 3. The lowest BCUT2D eigenvalue weighted by Gasteiger charge is -2.28. The van der Waals surface area contributed by atoms with Gasteiger partial charge in [-0.25, -0.2) is 0 Å². The molecule has 210 valence electrons. The van der Waals surface area contributed by atoms with Gasteiger partial charge in [0.1, 0.15) is 17.3 Å². The Labute approximate surface area is 239 Å². The summed E-state index contributed by atoms with van der Waals surface area (Å²) in [7, 11) is 0. The Balaban J connectivity index is 1.26. The summed E-state index contributed by atoms with van der Waals surface area (Å²) >= 11 is 0. The van der Waals surface area contributed by atoms with E-state index < -0.39 is 0 Å². The summed E-state index contributed by atoms with van der Waals surface area (Å²) in [5.74, 6) is 2.92. The molecule has 1 aliphatic heterocycles. The highest BCUT2D eigenvalue weighted by atomic mass is 16.5. The van der Waals surface area contributed by atoms with Crippen molar-refractivity contribution >= 4 is 17.4 Å². The van der Waals surface area contributed by atoms with Gasteiger partial charge >= 0.3 is 0 Å². The summed E-state index contributed by atoms with van der Waals surface area (Å²) in [6.45, 7) is 4.30. The van der Waals surface area contributed by atoms with E-state index in [1.807, 2.05) is 36.4 Å². The third kappa shape index (κ3) is 6.83. The van der Waals surface area contributed by atoms with Crippen LogP contribution in [-0.4, -0.2) is 11.7 Å². The summed E-state index contributed by atoms with van der Waals surface area (Å²) in [5.41, 5.74) is 5.11. The standard InChI is InChI=1S/C36H43NO3/c1-25(2)29-19-11-15-27(22-23-28(38)16-10-14-26-12-4-3-5-13-26)36(29)37-35(39)24-32-30-17-6-8-20-33(30)40-34-21-9-7-18-31(32)34/h6-9,11,15,17-21,25-26,32H,3-5,10,12-14,16,22-24H2,1-2H3,(H,37,39). The van der Waals surface area contributed by atoms with Gasteiger partial charge in [-0.1, -0.05) is 107 Å². The summed E-state index contributed by atoms with van der Waals surface area (Å²) in [6.07, 6.45) is 11.1. The molecule has 0 bridgehead atoms. The molecule has 0 aromatic heterocycles. The maximum atomic E-state index is 13.6. The summed E-state index contributed by atoms with van der Waals surface area (Å²) in [4.78, 5) is 26.4. The lowest BCUT2D eigenvalue weighted by Crippen LogP contribution is -2.20. The Hall–Kier alpha value is -3.40. The number of hydrogen-bond donors (Lipinski definition) is 1. The molecule has 1 heterocycles. The van der Waals surface area contributed by atoms with E-state index in [9.17, 15) is 9.59 Å². The van der Waals surface area contributed by atoms with Crippen molar-refractivity contribution < 1.29 is 14.3 Å². The minimum absolute atomic E-state index is 0.0235. The number of hydrogen-bond acceptors (Lipinski definition) is 3. The molecule has 1 N–H and O–H groups in total. The molecule has 3 aromatic carbocycles. The topological polar surface area (TPSA) is 55.4 Å². The average molecular weight is 538 g/mol. The second-order valence-electron chi connectivity index (χ2n) is 12.0. The van der Waals surface area contributed by atoms with Crippen LogP contribution in [0.25, 0.3) is 0 Å². The number of amides is 1. The SMILES string of the molecule is CC(C)c1cccc(CCC(=O)CCCC2CCCCC2)c1NC(=O)CC1c2ccccc2Oc2ccccc21. The molecule has 0 saturated heterocycles. The highest BCUT2D eigenvalue weighted by Crippen LogP contribution is 2.45. The summed E-state index contributed by atoms with van der Waals surface area (Å²) < 4.78 is 6.13. The van der Waals surface area contributed by atoms with Crippen LogP contribution in [0.3, 0.4) is 0 Å². The molecule has 40 heavy (non-hydrogen) atoms. The number of rotatable bonds is 11. The van der Waals surface area contributed by atoms with Crippen molar-refractivity contribution in [3.63, 3.8) is 0 Å². The van der Waals surface area contributed by atoms with Gasteiger partial charge in [0, 0.05) is 42.0 Å². The van der Waals surface area contributed by atoms with Crippen LogP contribution in [-0.2, 0) is 16.0 Å². The van der Waals surface area contributed by atoms with Gasteiger partial charge in [-0.15, -0.1) is 0 Å². The molecule has 4 nitrogen and oxygen atoms in total. The number of para-hydroxylation sites is 3. The minimum atomic E-state index is -0.0819. The smallest absolute Gasteiger partial charge is 0.225 e. The molecular formula is C36H43NO3. The molecule has 4 heteroatoms. The number of carbonyl (C=O) groups is 2. The number of anilines is 1. The van der Waals surface area contributed by atoms with Gasteiger partial charge in [0.05, 0.1) is 0 Å². The molecule has 1 fully saturated rings. The third-order valence-electron chi connectivity index (χ3n) is 8.73. The molecule has 0 radical (unpaired) electrons. The van der Waals surface area contributed by atoms with Crippen molar-refractivity contribution in [2.24, 2.45) is 5.92 Å². The monoisotopic (exact) mass is 537 g/mol. The number of carbonyl (C=O) groups excluding carboxylic acids is 2. The number of fused-ring (bicyclic) bond motifs is 2. The van der Waals surface area contributed by atoms with Crippen molar-refractivity contribution in [1.29, 1.82) is 0 Å². The van der Waals surface area contributed by atoms with Crippen LogP contribution in [0.2, 0.25) is 0 Å². The van der Waals surface area contributed by atoms with Gasteiger partial charge in [-0.05, 0) is 47.9 Å². The van der Waals surface area contributed by atoms with Crippen LogP contribution >= 0.6 is 0 Å². The zero-order chi connectivity index (χ0) is 27.9. The maximum absolute atomic E-state index is 13.6. The number of nitrogens with one attached hydrogen (secondary N) is 1. The Kier molecular flexibility index (Phi) is 9.36. The van der Waals surface area contributed by atoms with Crippen LogP contribution < -0.4 is 10.1 Å². The van der Waals surface area contributed by atoms with Crippen molar-refractivity contribution in [1.82, 2.24) is 0 Å². The van der Waals surface area contributed by atoms with E-state index in [2.05, 4.69) is 49.5 Å². The maximum Gasteiger partial charge on any atom is 0.225 e. The van der Waals surface area contributed by atoms with Gasteiger partial charge < -0.3 is 10.1 Å². The van der Waals surface area contributed by atoms with Gasteiger partial charge in [0.15, 0.2) is 0 Å². The molecule has 0 atom stereocenters. The fourth-order valence-electron chi connectivity index (χ4n) is 6.53. The largest absolute Gasteiger partial charge is 0.457 e. The number of aryl methyl sites for hydroxylation is 1. The first-order valence-corrected chi connectivity index (χ1v) is 15.3. The van der Waals surface area contributed by atoms with E-state index in [0.29, 0.717) is 31.5 Å². The molecule has 1 saturated carbocycles. The van der Waals surface area contributed by atoms with E-state index in [0.717, 1.165) is 51.8 Å². The molecule has 1 amide bonds. The van der Waals surface area contributed by atoms with Crippen molar-refractivity contribution in [2.75, 3.05) is 5.32 Å². The van der Waals surface area contributed by atoms with E-state index in [1.54, 1.807) is 0 Å². The van der Waals surface area contributed by atoms with E-state index >= 15 is 0 Å². The highest BCUT2D eigenvalue weighted by molar-refractivity contribution is 5.93. The predicted molar refractivity (Wildman–Crippen MR) is 162 cm³/mol. The molecule has 0 unspecified atom stereocenters. The summed E-state index contributed by atoms with van der Waals surface area (Å²) in [5, 5.41) is 3.29. The van der Waals surface area contributed by atoms with Crippen LogP contribution in [0.5, 0.6) is 11.5 Å². The lowest BCUT2D eigenvalue weighted by molar-refractivity contribution is -0.119. The average Bonchev–Trinajstić information content (AvgIpc) is 2.97. The molecule has 0 spiro atoms. The predicted octanol–water partition coefficient (Wildman–Crippen LogP) is 9.33. The zero-order valence-corrected chi connectivity index (χ0v) is 24.1. The normalized spacial score (nSPS) is 15.3. The molecular weight excluding hydrogens is 494 g/mol. The van der Waals surface area contributed by atoms with Gasteiger partial charge in [-0.2, -0.15) is 0 Å². The first kappa shape index (κ1) is 28.1. The number of ketones is 1. The van der Waals surface area contributed by atoms with E-state index in [1.165, 1.54) is 38.5 Å². The van der Waals surface area contributed by atoms with Crippen molar-refractivity contribution in [3.8, 4) is 11.5 Å². The number of Topliss-reactive ketones (excluding diaryl/α,β-unsaturated/α-hetero) is 1. The lowest BCUT2D eigenvalue weighted by atomic mass is 9.85. The second kappa shape index (κ2) is 13.3. The quantitative estimate of drug-likeness (QED) is 0.265. The van der Waals surface area contributed by atoms with Gasteiger partial charge in [0.2, 0.25) is 5.91 Å². The molecule has 5 rings (SSSR count). The highest BCUT2D eigenvalue weighted by Gasteiger charge is 2.29. The Morgan fingerprint density at radius 3 is 2.20 bits per heavy atom. The number of ether oxygens (including phenoxy) is 1. The van der Waals surface area contributed by atoms with Crippen LogP contribution in [0.1, 0.15) is 112 Å². The summed E-state index contributed by atoms with van der Waals surface area (Å²) in [6, 6.07) is 22.2. The first-order valence-electron chi connectivity index (χ1n) is 15.3. The van der Waals surface area contributed by atoms with Crippen LogP contribution in [0, 0.1) is 5.92 Å². The fourth-order valence-corrected chi connectivity index (χ4v) is 6.53. The van der Waals surface area contributed by atoms with Crippen molar-refractivity contribution in [2.45, 2.75) is 96.3 Å². The van der Waals surface area contributed by atoms with E-state index in [4.69, 9.17) is 4.74 Å². The Morgan fingerprint density at radius 1 is 0.850 bits per heavy atom. The third-order valence-corrected chi connectivity index (χ3v) is 8.73. The Morgan fingerprint density at radius 2 is 1.52 bits per heavy atom. The fraction of sp³-hybridized carbons (Fsp3) is 0.444. The van der Waals surface area contributed by atoms with Crippen LogP contribution in [0.15, 0.2) is 66.7 Å². The van der Waals surface area contributed by atoms with E-state index in [-0.39, 0.29) is 17.7 Å². The molecule has 2 aliphatic rings. The van der Waals surface area contributed by atoms with Gasteiger partial charge in [-0.3, -0.25) is 9.59 Å². The zero-order valence-electron chi connectivity index (χ0n) is 24.1. The van der Waals surface area contributed by atoms with Gasteiger partial charge in [0.25, 0.3) is 0 Å². The minimum Gasteiger partial charge on any atom is -0.457 e. The van der Waals surface area contributed by atoms with Crippen LogP contribution in [0.4, 0.5) is 5.69 Å².